The molecule has 0 aliphatic carbocycles. The fraction of sp³-hybridized carbons (Fsp3) is 0.286. The van der Waals surface area contributed by atoms with Gasteiger partial charge in [-0.1, -0.05) is 18.2 Å². The highest BCUT2D eigenvalue weighted by Crippen LogP contribution is 2.36. The first-order valence-electron chi connectivity index (χ1n) is 5.95. The minimum atomic E-state index is -0.341. The first-order chi connectivity index (χ1) is 8.75. The molecule has 4 heteroatoms. The Morgan fingerprint density at radius 1 is 1.28 bits per heavy atom. The van der Waals surface area contributed by atoms with Crippen LogP contribution in [0.2, 0.25) is 0 Å². The minimum Gasteiger partial charge on any atom is -0.320 e. The largest absolute Gasteiger partial charge is 0.320 e. The quantitative estimate of drug-likeness (QED) is 0.906. The summed E-state index contributed by atoms with van der Waals surface area (Å²) < 4.78 is 13.7. The molecule has 0 saturated carbocycles. The van der Waals surface area contributed by atoms with Gasteiger partial charge in [0, 0.05) is 21.1 Å². The van der Waals surface area contributed by atoms with E-state index in [2.05, 4.69) is 6.07 Å². The lowest BCUT2D eigenvalue weighted by molar-refractivity contribution is 0.601. The van der Waals surface area contributed by atoms with Crippen molar-refractivity contribution in [1.29, 1.82) is 0 Å². The van der Waals surface area contributed by atoms with E-state index in [0.29, 0.717) is 5.56 Å². The van der Waals surface area contributed by atoms with Crippen molar-refractivity contribution in [2.45, 2.75) is 18.2 Å². The van der Waals surface area contributed by atoms with Crippen LogP contribution in [-0.2, 0) is 12.2 Å². The third kappa shape index (κ3) is 2.20. The highest BCUT2D eigenvalue weighted by Gasteiger charge is 2.19. The molecule has 0 bridgehead atoms. The molecule has 1 atom stereocenters. The average Bonchev–Trinajstić information content (AvgIpc) is 2.82. The van der Waals surface area contributed by atoms with E-state index in [1.807, 2.05) is 17.8 Å². The Hall–Kier alpha value is -0.840. The van der Waals surface area contributed by atoms with Gasteiger partial charge < -0.3 is 5.73 Å². The molecule has 0 radical (unpaired) electrons. The number of hydrogen-bond acceptors (Lipinski definition) is 3. The molecule has 0 amide bonds. The van der Waals surface area contributed by atoms with E-state index in [-0.39, 0.29) is 11.9 Å². The Labute approximate surface area is 114 Å². The summed E-state index contributed by atoms with van der Waals surface area (Å²) in [6.45, 7) is 0. The van der Waals surface area contributed by atoms with Gasteiger partial charge in [-0.25, -0.2) is 4.39 Å². The Balaban J connectivity index is 1.95. The Morgan fingerprint density at radius 3 is 2.89 bits per heavy atom. The van der Waals surface area contributed by atoms with Crippen molar-refractivity contribution in [3.8, 4) is 0 Å². The van der Waals surface area contributed by atoms with E-state index in [1.54, 1.807) is 23.5 Å². The van der Waals surface area contributed by atoms with Gasteiger partial charge in [-0.05, 0) is 29.9 Å². The molecule has 1 unspecified atom stereocenters. The highest BCUT2D eigenvalue weighted by molar-refractivity contribution is 7.98. The van der Waals surface area contributed by atoms with Gasteiger partial charge in [0.15, 0.2) is 0 Å². The van der Waals surface area contributed by atoms with Crippen molar-refractivity contribution >= 4 is 23.1 Å². The normalized spacial score (nSPS) is 16.3. The maximum atomic E-state index is 13.7. The van der Waals surface area contributed by atoms with Gasteiger partial charge >= 0.3 is 0 Å². The number of nitrogens with two attached hydrogens (primary N) is 1. The van der Waals surface area contributed by atoms with E-state index in [1.165, 1.54) is 22.3 Å². The molecule has 1 aromatic carbocycles. The lowest BCUT2D eigenvalue weighted by Gasteiger charge is -2.10. The topological polar surface area (TPSA) is 26.0 Å². The van der Waals surface area contributed by atoms with E-state index in [4.69, 9.17) is 5.73 Å². The van der Waals surface area contributed by atoms with Crippen LogP contribution in [0.3, 0.4) is 0 Å². The summed E-state index contributed by atoms with van der Waals surface area (Å²) in [5.74, 6) is 2.03. The van der Waals surface area contributed by atoms with Gasteiger partial charge in [0.2, 0.25) is 0 Å². The van der Waals surface area contributed by atoms with Crippen molar-refractivity contribution in [3.05, 3.63) is 57.0 Å². The standard InChI is InChI=1S/C14H14FNS2/c15-11-4-2-1-3-10(11)14(16)13-7-9-8-17-6-5-12(9)18-13/h1-4,7,14H,5-6,8,16H2. The molecule has 1 aliphatic rings. The fourth-order valence-corrected chi connectivity index (χ4v) is 4.60. The van der Waals surface area contributed by atoms with Gasteiger partial charge in [0.25, 0.3) is 0 Å². The molecular formula is C14H14FNS2. The second-order valence-corrected chi connectivity index (χ2v) is 6.67. The average molecular weight is 279 g/mol. The maximum absolute atomic E-state index is 13.7. The van der Waals surface area contributed by atoms with E-state index in [9.17, 15) is 4.39 Å². The summed E-state index contributed by atoms with van der Waals surface area (Å²) in [5.41, 5.74) is 8.17. The van der Waals surface area contributed by atoms with Gasteiger partial charge in [-0.3, -0.25) is 0 Å². The minimum absolute atomic E-state index is 0.217. The summed E-state index contributed by atoms with van der Waals surface area (Å²) in [5, 5.41) is 0. The number of halogens is 1. The smallest absolute Gasteiger partial charge is 0.128 e. The van der Waals surface area contributed by atoms with Crippen molar-refractivity contribution in [3.63, 3.8) is 0 Å². The second-order valence-electron chi connectivity index (χ2n) is 4.40. The molecular weight excluding hydrogens is 265 g/mol. The third-order valence-corrected chi connectivity index (χ3v) is 5.52. The predicted octanol–water partition coefficient (Wildman–Crippen LogP) is 3.72. The van der Waals surface area contributed by atoms with Crippen LogP contribution in [0.4, 0.5) is 4.39 Å². The van der Waals surface area contributed by atoms with Crippen LogP contribution >= 0.6 is 23.1 Å². The number of thiophene rings is 1. The van der Waals surface area contributed by atoms with Gasteiger partial charge in [0.1, 0.15) is 5.82 Å². The zero-order valence-corrected chi connectivity index (χ0v) is 11.5. The van der Waals surface area contributed by atoms with Crippen LogP contribution in [0, 0.1) is 5.82 Å². The number of thioether (sulfide) groups is 1. The summed E-state index contributed by atoms with van der Waals surface area (Å²) in [6.07, 6.45) is 1.12. The summed E-state index contributed by atoms with van der Waals surface area (Å²) >= 11 is 3.70. The molecule has 1 aromatic heterocycles. The number of benzene rings is 1. The SMILES string of the molecule is NC(c1cc2c(s1)CCSC2)c1ccccc1F. The predicted molar refractivity (Wildman–Crippen MR) is 76.6 cm³/mol. The molecule has 2 aromatic rings. The Kier molecular flexibility index (Phi) is 3.41. The molecule has 0 saturated heterocycles. The highest BCUT2D eigenvalue weighted by atomic mass is 32.2. The van der Waals surface area contributed by atoms with Crippen LogP contribution in [0.15, 0.2) is 30.3 Å². The first kappa shape index (κ1) is 12.2. The summed E-state index contributed by atoms with van der Waals surface area (Å²) in [6, 6.07) is 8.59. The van der Waals surface area contributed by atoms with E-state index < -0.39 is 0 Å². The second kappa shape index (κ2) is 5.03. The molecule has 2 heterocycles. The van der Waals surface area contributed by atoms with Crippen molar-refractivity contribution in [1.82, 2.24) is 0 Å². The zero-order chi connectivity index (χ0) is 12.5. The fourth-order valence-electron chi connectivity index (χ4n) is 2.20. The zero-order valence-electron chi connectivity index (χ0n) is 9.86. The number of rotatable bonds is 2. The number of hydrogen-bond donors (Lipinski definition) is 1. The van der Waals surface area contributed by atoms with Crippen molar-refractivity contribution in [2.75, 3.05) is 5.75 Å². The molecule has 94 valence electrons. The number of aryl methyl sites for hydroxylation is 1. The monoisotopic (exact) mass is 279 g/mol. The Morgan fingerprint density at radius 2 is 2.11 bits per heavy atom. The van der Waals surface area contributed by atoms with Crippen LogP contribution in [-0.4, -0.2) is 5.75 Å². The van der Waals surface area contributed by atoms with Crippen molar-refractivity contribution in [2.24, 2.45) is 5.73 Å². The molecule has 0 fully saturated rings. The Bertz CT molecular complexity index is 541. The van der Waals surface area contributed by atoms with Gasteiger partial charge in [-0.15, -0.1) is 11.3 Å². The van der Waals surface area contributed by atoms with Crippen LogP contribution in [0.1, 0.15) is 26.9 Å². The third-order valence-electron chi connectivity index (χ3n) is 3.19. The van der Waals surface area contributed by atoms with E-state index >= 15 is 0 Å². The molecule has 0 spiro atoms. The van der Waals surface area contributed by atoms with Crippen LogP contribution < -0.4 is 5.73 Å². The lowest BCUT2D eigenvalue weighted by atomic mass is 10.0. The van der Waals surface area contributed by atoms with Gasteiger partial charge in [0.05, 0.1) is 6.04 Å². The molecule has 2 N–H and O–H groups in total. The van der Waals surface area contributed by atoms with Crippen LogP contribution in [0.25, 0.3) is 0 Å². The van der Waals surface area contributed by atoms with Gasteiger partial charge in [-0.2, -0.15) is 11.8 Å². The maximum Gasteiger partial charge on any atom is 0.128 e. The number of fused-ring (bicyclic) bond motifs is 1. The lowest BCUT2D eigenvalue weighted by Crippen LogP contribution is -2.11. The van der Waals surface area contributed by atoms with Crippen molar-refractivity contribution < 1.29 is 4.39 Å². The van der Waals surface area contributed by atoms with E-state index in [0.717, 1.165) is 17.1 Å². The molecule has 3 rings (SSSR count). The van der Waals surface area contributed by atoms with Crippen LogP contribution in [0.5, 0.6) is 0 Å². The molecule has 1 aliphatic heterocycles. The summed E-state index contributed by atoms with van der Waals surface area (Å²) in [7, 11) is 0. The summed E-state index contributed by atoms with van der Waals surface area (Å²) in [4.78, 5) is 2.50. The molecule has 18 heavy (non-hydrogen) atoms. The molecule has 1 nitrogen and oxygen atoms in total. The first-order valence-corrected chi connectivity index (χ1v) is 7.92.